The maximum absolute atomic E-state index is 13.8. The first kappa shape index (κ1) is 32.6. The molecule has 0 unspecified atom stereocenters. The summed E-state index contributed by atoms with van der Waals surface area (Å²) in [5.74, 6) is 6.50. The first-order valence-corrected chi connectivity index (χ1v) is 15.1. The van der Waals surface area contributed by atoms with E-state index < -0.39 is 17.8 Å². The standard InChI is InChI=1S/C32H38F3N9O2/c33-32(34,35)22-7-4-6-21(16-22)27-11-12-28-30(41-27)44(26-13-15-42(28)20-26)31(46)40-24-8-5-9-25(17-24)43(38)19-23(37)18-39-29(45)10-2-1-3-14-36/h4-9,11-12,16-17,19,26H,1-3,10,13-15,18,20,36-38H2,(H,39,45)(H,40,46)/b23-19-/t26-/m0/s1. The highest BCUT2D eigenvalue weighted by atomic mass is 19.4. The van der Waals surface area contributed by atoms with Crippen molar-refractivity contribution < 1.29 is 22.8 Å². The Morgan fingerprint density at radius 1 is 1.07 bits per heavy atom. The summed E-state index contributed by atoms with van der Waals surface area (Å²) < 4.78 is 40.1. The summed E-state index contributed by atoms with van der Waals surface area (Å²) in [6.45, 7) is 2.08. The van der Waals surface area contributed by atoms with Gasteiger partial charge in [-0.3, -0.25) is 14.7 Å². The number of nitrogens with zero attached hydrogens (tertiary/aromatic N) is 4. The number of anilines is 4. The molecule has 3 amide bonds. The van der Waals surface area contributed by atoms with Crippen LogP contribution in [0.1, 0.15) is 37.7 Å². The number of benzene rings is 2. The number of aromatic nitrogens is 1. The number of nitrogens with two attached hydrogens (primary N) is 3. The molecule has 244 valence electrons. The Hall–Kier alpha value is -4.82. The van der Waals surface area contributed by atoms with Gasteiger partial charge in [-0.05, 0) is 68.3 Å². The molecule has 2 aromatic carbocycles. The van der Waals surface area contributed by atoms with Crippen molar-refractivity contribution in [1.82, 2.24) is 10.3 Å². The summed E-state index contributed by atoms with van der Waals surface area (Å²) in [6.07, 6.45) is 0.627. The fraction of sp³-hybridized carbons (Fsp3) is 0.344. The maximum atomic E-state index is 13.8. The number of halogens is 3. The zero-order valence-corrected chi connectivity index (χ0v) is 25.3. The van der Waals surface area contributed by atoms with Crippen molar-refractivity contribution in [2.75, 3.05) is 46.3 Å². The van der Waals surface area contributed by atoms with Gasteiger partial charge in [0.25, 0.3) is 0 Å². The maximum Gasteiger partial charge on any atom is 0.416 e. The summed E-state index contributed by atoms with van der Waals surface area (Å²) in [5.41, 5.74) is 13.5. The van der Waals surface area contributed by atoms with Gasteiger partial charge < -0.3 is 27.0 Å². The van der Waals surface area contributed by atoms with Crippen molar-refractivity contribution in [2.24, 2.45) is 17.3 Å². The Labute approximate surface area is 265 Å². The van der Waals surface area contributed by atoms with E-state index in [0.717, 1.165) is 43.6 Å². The van der Waals surface area contributed by atoms with E-state index in [-0.39, 0.29) is 18.5 Å². The Morgan fingerprint density at radius 3 is 2.65 bits per heavy atom. The molecule has 2 aliphatic heterocycles. The minimum absolute atomic E-state index is 0.109. The molecule has 0 spiro atoms. The Bertz CT molecular complexity index is 1600. The van der Waals surface area contributed by atoms with E-state index >= 15 is 0 Å². The molecule has 1 aromatic heterocycles. The lowest BCUT2D eigenvalue weighted by Crippen LogP contribution is -2.48. The fourth-order valence-electron chi connectivity index (χ4n) is 5.61. The molecule has 1 saturated heterocycles. The van der Waals surface area contributed by atoms with Crippen LogP contribution >= 0.6 is 0 Å². The summed E-state index contributed by atoms with van der Waals surface area (Å²) in [4.78, 5) is 34.2. The van der Waals surface area contributed by atoms with Crippen molar-refractivity contribution >= 4 is 34.8 Å². The molecule has 2 bridgehead atoms. The van der Waals surface area contributed by atoms with Crippen molar-refractivity contribution in [1.29, 1.82) is 0 Å². The van der Waals surface area contributed by atoms with Crippen molar-refractivity contribution in [3.63, 3.8) is 0 Å². The predicted octanol–water partition coefficient (Wildman–Crippen LogP) is 4.51. The molecule has 46 heavy (non-hydrogen) atoms. The van der Waals surface area contributed by atoms with Gasteiger partial charge in [0.1, 0.15) is 0 Å². The third kappa shape index (κ3) is 7.69. The van der Waals surface area contributed by atoms with Gasteiger partial charge in [0.05, 0.1) is 35.2 Å². The minimum atomic E-state index is -4.49. The highest BCUT2D eigenvalue weighted by molar-refractivity contribution is 6.05. The number of hydrogen-bond donors (Lipinski definition) is 5. The molecule has 0 radical (unpaired) electrons. The van der Waals surface area contributed by atoms with E-state index in [4.69, 9.17) is 22.3 Å². The van der Waals surface area contributed by atoms with Gasteiger partial charge in [-0.15, -0.1) is 0 Å². The lowest BCUT2D eigenvalue weighted by Gasteiger charge is -2.36. The number of hydrogen-bond acceptors (Lipinski definition) is 8. The van der Waals surface area contributed by atoms with Crippen molar-refractivity contribution in [2.45, 2.75) is 44.3 Å². The third-order valence-corrected chi connectivity index (χ3v) is 7.95. The zero-order chi connectivity index (χ0) is 32.8. The number of pyridine rings is 1. The van der Waals surface area contributed by atoms with Gasteiger partial charge in [-0.2, -0.15) is 13.2 Å². The second-order valence-corrected chi connectivity index (χ2v) is 11.3. The fourth-order valence-corrected chi connectivity index (χ4v) is 5.61. The highest BCUT2D eigenvalue weighted by Gasteiger charge is 2.40. The van der Waals surface area contributed by atoms with Crippen LogP contribution < -0.4 is 42.8 Å². The van der Waals surface area contributed by atoms with Crippen LogP contribution in [0.5, 0.6) is 0 Å². The first-order chi connectivity index (χ1) is 22.0. The van der Waals surface area contributed by atoms with E-state index in [0.29, 0.717) is 60.1 Å². The second-order valence-electron chi connectivity index (χ2n) is 11.3. The summed E-state index contributed by atoms with van der Waals surface area (Å²) in [6, 6.07) is 14.7. The van der Waals surface area contributed by atoms with Gasteiger partial charge in [0.2, 0.25) is 5.91 Å². The second kappa shape index (κ2) is 14.1. The summed E-state index contributed by atoms with van der Waals surface area (Å²) in [7, 11) is 0. The number of unbranched alkanes of at least 4 members (excludes halogenated alkanes) is 2. The smallest absolute Gasteiger partial charge is 0.399 e. The Morgan fingerprint density at radius 2 is 1.87 bits per heavy atom. The number of amides is 3. The van der Waals surface area contributed by atoms with E-state index in [9.17, 15) is 22.8 Å². The molecular weight excluding hydrogens is 599 g/mol. The van der Waals surface area contributed by atoms with Crippen LogP contribution in [-0.2, 0) is 11.0 Å². The molecular formula is C32H38F3N9O2. The lowest BCUT2D eigenvalue weighted by molar-refractivity contribution is -0.137. The van der Waals surface area contributed by atoms with Gasteiger partial charge in [0.15, 0.2) is 5.82 Å². The minimum Gasteiger partial charge on any atom is -0.399 e. The molecule has 1 atom stereocenters. The van der Waals surface area contributed by atoms with Gasteiger partial charge in [-0.25, -0.2) is 15.6 Å². The first-order valence-electron chi connectivity index (χ1n) is 15.1. The van der Waals surface area contributed by atoms with Gasteiger partial charge in [-0.1, -0.05) is 24.6 Å². The van der Waals surface area contributed by atoms with Gasteiger partial charge in [0, 0.05) is 42.7 Å². The summed E-state index contributed by atoms with van der Waals surface area (Å²) >= 11 is 0. The molecule has 1 fully saturated rings. The number of carbonyl (C=O) groups excluding carboxylic acids is 2. The topological polar surface area (TPSA) is 159 Å². The highest BCUT2D eigenvalue weighted by Crippen LogP contribution is 2.41. The molecule has 3 heterocycles. The van der Waals surface area contributed by atoms with Crippen LogP contribution in [0.25, 0.3) is 11.3 Å². The quantitative estimate of drug-likeness (QED) is 0.117. The number of hydrazine groups is 1. The number of rotatable bonds is 11. The van der Waals surface area contributed by atoms with Crippen LogP contribution in [0, 0.1) is 0 Å². The van der Waals surface area contributed by atoms with Crippen LogP contribution in [0.3, 0.4) is 0 Å². The molecule has 11 nitrogen and oxygen atoms in total. The Kier molecular flexibility index (Phi) is 9.97. The number of nitrogens with one attached hydrogen (secondary N) is 2. The lowest BCUT2D eigenvalue weighted by atomic mass is 10.1. The monoisotopic (exact) mass is 637 g/mol. The predicted molar refractivity (Wildman–Crippen MR) is 173 cm³/mol. The van der Waals surface area contributed by atoms with Crippen molar-refractivity contribution in [3.8, 4) is 11.3 Å². The molecule has 2 aliphatic rings. The average molecular weight is 638 g/mol. The molecule has 8 N–H and O–H groups in total. The molecule has 0 saturated carbocycles. The Balaban J connectivity index is 1.29. The molecule has 5 rings (SSSR count). The van der Waals surface area contributed by atoms with Crippen LogP contribution in [0.4, 0.5) is 40.8 Å². The number of urea groups is 1. The van der Waals surface area contributed by atoms with Crippen LogP contribution in [-0.4, -0.2) is 49.1 Å². The average Bonchev–Trinajstić information content (AvgIpc) is 3.45. The normalized spacial score (nSPS) is 15.8. The number of fused-ring (bicyclic) bond motifs is 4. The van der Waals surface area contributed by atoms with E-state index in [2.05, 4.69) is 15.5 Å². The van der Waals surface area contributed by atoms with E-state index in [1.165, 1.54) is 17.3 Å². The largest absolute Gasteiger partial charge is 0.416 e. The molecule has 3 aromatic rings. The van der Waals surface area contributed by atoms with Gasteiger partial charge >= 0.3 is 12.2 Å². The molecule has 0 aliphatic carbocycles. The third-order valence-electron chi connectivity index (χ3n) is 7.95. The number of carbonyl (C=O) groups is 2. The van der Waals surface area contributed by atoms with Crippen molar-refractivity contribution in [3.05, 3.63) is 78.1 Å². The SMILES string of the molecule is NCCCCCC(=O)NC/C(N)=C/N(N)c1cccc(NC(=O)N2c3nc(-c4cccc(C(F)(F)F)c4)ccc3N3CC[C@H]2C3)c1. The van der Waals surface area contributed by atoms with Crippen LogP contribution in [0.2, 0.25) is 0 Å². The van der Waals surface area contributed by atoms with E-state index in [1.807, 2.05) is 0 Å². The van der Waals surface area contributed by atoms with Crippen LogP contribution in [0.15, 0.2) is 72.6 Å². The molecule has 14 heteroatoms. The number of alkyl halides is 3. The summed E-state index contributed by atoms with van der Waals surface area (Å²) in [5, 5.41) is 6.99. The zero-order valence-electron chi connectivity index (χ0n) is 25.3. The van der Waals surface area contributed by atoms with E-state index in [1.54, 1.807) is 47.4 Å².